The Labute approximate surface area is 89.9 Å². The highest BCUT2D eigenvalue weighted by Gasteiger charge is 2.07. The monoisotopic (exact) mass is 211 g/mol. The van der Waals surface area contributed by atoms with Crippen LogP contribution in [0.4, 0.5) is 0 Å². The molecule has 4 heteroatoms. The van der Waals surface area contributed by atoms with Gasteiger partial charge in [0.1, 0.15) is 5.78 Å². The standard InChI is InChI=1S/C11H17NO3/c1-3-6-11(15)12(9-13)8-5-4-7-10(2)14/h3,6,9H,4-5,7-8H2,1-2H3/b6-3-. The molecule has 0 N–H and O–H groups in total. The lowest BCUT2D eigenvalue weighted by Crippen LogP contribution is -2.28. The Morgan fingerprint density at radius 1 is 1.27 bits per heavy atom. The summed E-state index contributed by atoms with van der Waals surface area (Å²) >= 11 is 0. The number of Topliss-reactive ketones (excluding diaryl/α,β-unsaturated/α-hetero) is 1. The summed E-state index contributed by atoms with van der Waals surface area (Å²) in [4.78, 5) is 33.5. The molecule has 0 spiro atoms. The van der Waals surface area contributed by atoms with Crippen molar-refractivity contribution in [2.24, 2.45) is 0 Å². The minimum atomic E-state index is -0.310. The van der Waals surface area contributed by atoms with E-state index in [1.807, 2.05) is 0 Å². The summed E-state index contributed by atoms with van der Waals surface area (Å²) in [5.74, 6) is -0.178. The Bertz CT molecular complexity index is 259. The molecule has 0 saturated carbocycles. The zero-order valence-electron chi connectivity index (χ0n) is 9.23. The van der Waals surface area contributed by atoms with Gasteiger partial charge in [0.2, 0.25) is 6.41 Å². The Kier molecular flexibility index (Phi) is 7.14. The maximum atomic E-state index is 11.2. The van der Waals surface area contributed by atoms with Crippen LogP contribution in [0.25, 0.3) is 0 Å². The van der Waals surface area contributed by atoms with Crippen LogP contribution in [0.2, 0.25) is 0 Å². The third-order valence-corrected chi connectivity index (χ3v) is 1.90. The minimum absolute atomic E-state index is 0.132. The molecule has 0 heterocycles. The van der Waals surface area contributed by atoms with Crippen molar-refractivity contribution in [2.75, 3.05) is 6.54 Å². The van der Waals surface area contributed by atoms with Gasteiger partial charge in [0.05, 0.1) is 0 Å². The van der Waals surface area contributed by atoms with E-state index in [9.17, 15) is 14.4 Å². The Morgan fingerprint density at radius 3 is 2.40 bits per heavy atom. The summed E-state index contributed by atoms with van der Waals surface area (Å²) in [6, 6.07) is 0. The zero-order chi connectivity index (χ0) is 11.7. The van der Waals surface area contributed by atoms with Gasteiger partial charge in [-0.15, -0.1) is 0 Å². The predicted molar refractivity (Wildman–Crippen MR) is 57.1 cm³/mol. The third kappa shape index (κ3) is 6.60. The molecule has 0 unspecified atom stereocenters. The highest BCUT2D eigenvalue weighted by atomic mass is 16.2. The SMILES string of the molecule is C/C=C\C(=O)N(C=O)CCCCC(C)=O. The molecular weight excluding hydrogens is 194 g/mol. The van der Waals surface area contributed by atoms with Gasteiger partial charge in [-0.1, -0.05) is 6.08 Å². The topological polar surface area (TPSA) is 54.5 Å². The van der Waals surface area contributed by atoms with Crippen molar-refractivity contribution in [2.45, 2.75) is 33.1 Å². The first-order chi connectivity index (χ1) is 7.11. The van der Waals surface area contributed by atoms with Gasteiger partial charge in [0.15, 0.2) is 0 Å². The van der Waals surface area contributed by atoms with Crippen molar-refractivity contribution in [3.05, 3.63) is 12.2 Å². The average molecular weight is 211 g/mol. The Balaban J connectivity index is 3.85. The van der Waals surface area contributed by atoms with Gasteiger partial charge >= 0.3 is 0 Å². The molecule has 0 aromatic heterocycles. The van der Waals surface area contributed by atoms with Crippen molar-refractivity contribution < 1.29 is 14.4 Å². The Hall–Kier alpha value is -1.45. The van der Waals surface area contributed by atoms with E-state index in [2.05, 4.69) is 0 Å². The lowest BCUT2D eigenvalue weighted by Gasteiger charge is -2.12. The largest absolute Gasteiger partial charge is 0.300 e. The number of hydrogen-bond acceptors (Lipinski definition) is 3. The summed E-state index contributed by atoms with van der Waals surface area (Å²) in [5.41, 5.74) is 0. The summed E-state index contributed by atoms with van der Waals surface area (Å²) in [5, 5.41) is 0. The molecule has 0 aliphatic rings. The van der Waals surface area contributed by atoms with E-state index in [-0.39, 0.29) is 11.7 Å². The molecule has 2 amide bonds. The molecule has 4 nitrogen and oxygen atoms in total. The molecule has 0 atom stereocenters. The maximum Gasteiger partial charge on any atom is 0.252 e. The van der Waals surface area contributed by atoms with E-state index < -0.39 is 0 Å². The van der Waals surface area contributed by atoms with Crippen molar-refractivity contribution in [3.63, 3.8) is 0 Å². The number of unbranched alkanes of at least 4 members (excludes halogenated alkanes) is 1. The third-order valence-electron chi connectivity index (χ3n) is 1.90. The smallest absolute Gasteiger partial charge is 0.252 e. The van der Waals surface area contributed by atoms with Crippen LogP contribution in [0.1, 0.15) is 33.1 Å². The van der Waals surface area contributed by atoms with Gasteiger partial charge in [-0.05, 0) is 32.8 Å². The first kappa shape index (κ1) is 13.5. The number of imide groups is 1. The zero-order valence-corrected chi connectivity index (χ0v) is 9.23. The fourth-order valence-corrected chi connectivity index (χ4v) is 1.11. The van der Waals surface area contributed by atoms with Gasteiger partial charge in [-0.25, -0.2) is 0 Å². The van der Waals surface area contributed by atoms with Gasteiger partial charge in [-0.3, -0.25) is 14.5 Å². The maximum absolute atomic E-state index is 11.2. The van der Waals surface area contributed by atoms with Crippen LogP contribution in [-0.4, -0.2) is 29.5 Å². The highest BCUT2D eigenvalue weighted by molar-refractivity contribution is 5.94. The van der Waals surface area contributed by atoms with E-state index >= 15 is 0 Å². The summed E-state index contributed by atoms with van der Waals surface area (Å²) < 4.78 is 0. The van der Waals surface area contributed by atoms with Crippen molar-refractivity contribution in [1.82, 2.24) is 4.90 Å². The van der Waals surface area contributed by atoms with E-state index in [1.54, 1.807) is 13.0 Å². The van der Waals surface area contributed by atoms with Crippen LogP contribution in [-0.2, 0) is 14.4 Å². The summed E-state index contributed by atoms with van der Waals surface area (Å²) in [7, 11) is 0. The van der Waals surface area contributed by atoms with Crippen LogP contribution < -0.4 is 0 Å². The van der Waals surface area contributed by atoms with Gasteiger partial charge < -0.3 is 4.79 Å². The van der Waals surface area contributed by atoms with Gasteiger partial charge in [-0.2, -0.15) is 0 Å². The molecule has 0 fully saturated rings. The van der Waals surface area contributed by atoms with Crippen LogP contribution in [0, 0.1) is 0 Å². The van der Waals surface area contributed by atoms with Gasteiger partial charge in [0, 0.05) is 13.0 Å². The molecule has 0 aromatic rings. The second kappa shape index (κ2) is 7.91. The van der Waals surface area contributed by atoms with E-state index in [4.69, 9.17) is 0 Å². The van der Waals surface area contributed by atoms with E-state index in [1.165, 1.54) is 13.0 Å². The number of amides is 2. The number of nitrogens with zero attached hydrogens (tertiary/aromatic N) is 1. The molecular formula is C11H17NO3. The van der Waals surface area contributed by atoms with E-state index in [0.29, 0.717) is 32.2 Å². The van der Waals surface area contributed by atoms with Crippen molar-refractivity contribution in [1.29, 1.82) is 0 Å². The second-order valence-electron chi connectivity index (χ2n) is 3.30. The van der Waals surface area contributed by atoms with Crippen LogP contribution >= 0.6 is 0 Å². The average Bonchev–Trinajstić information content (AvgIpc) is 2.17. The number of hydrogen-bond donors (Lipinski definition) is 0. The van der Waals surface area contributed by atoms with Gasteiger partial charge in [0.25, 0.3) is 5.91 Å². The molecule has 0 aliphatic carbocycles. The number of allylic oxidation sites excluding steroid dienone is 1. The molecule has 0 bridgehead atoms. The fraction of sp³-hybridized carbons (Fsp3) is 0.545. The van der Waals surface area contributed by atoms with Crippen LogP contribution in [0.3, 0.4) is 0 Å². The minimum Gasteiger partial charge on any atom is -0.300 e. The molecule has 0 saturated heterocycles. The normalized spacial score (nSPS) is 10.3. The molecule has 0 aliphatic heterocycles. The van der Waals surface area contributed by atoms with Crippen molar-refractivity contribution >= 4 is 18.1 Å². The van der Waals surface area contributed by atoms with E-state index in [0.717, 1.165) is 4.90 Å². The first-order valence-electron chi connectivity index (χ1n) is 4.99. The number of carbonyl (C=O) groups excluding carboxylic acids is 3. The number of rotatable bonds is 7. The Morgan fingerprint density at radius 2 is 1.93 bits per heavy atom. The fourth-order valence-electron chi connectivity index (χ4n) is 1.11. The quantitative estimate of drug-likeness (QED) is 0.362. The molecule has 84 valence electrons. The molecule has 0 aromatic carbocycles. The predicted octanol–water partition coefficient (Wildman–Crippen LogP) is 1.31. The lowest BCUT2D eigenvalue weighted by atomic mass is 10.2. The number of carbonyl (C=O) groups is 3. The summed E-state index contributed by atoms with van der Waals surface area (Å²) in [6.07, 6.45) is 5.35. The van der Waals surface area contributed by atoms with Crippen molar-refractivity contribution in [3.8, 4) is 0 Å². The lowest BCUT2D eigenvalue weighted by molar-refractivity contribution is -0.134. The number of ketones is 1. The first-order valence-corrected chi connectivity index (χ1v) is 4.99. The summed E-state index contributed by atoms with van der Waals surface area (Å²) in [6.45, 7) is 3.62. The molecule has 15 heavy (non-hydrogen) atoms. The second-order valence-corrected chi connectivity index (χ2v) is 3.30. The van der Waals surface area contributed by atoms with Crippen LogP contribution in [0.5, 0.6) is 0 Å². The highest BCUT2D eigenvalue weighted by Crippen LogP contribution is 1.99. The van der Waals surface area contributed by atoms with Crippen LogP contribution in [0.15, 0.2) is 12.2 Å². The molecule has 0 rings (SSSR count). The molecule has 0 radical (unpaired) electrons.